The number of nitrogens with zero attached hydrogens (tertiary/aromatic N) is 2. The fraction of sp³-hybridized carbons (Fsp3) is 0. The average Bonchev–Trinajstić information content (AvgIpc) is 3.21. The minimum Gasteiger partial charge on any atom is -0.436 e. The van der Waals surface area contributed by atoms with Crippen LogP contribution < -0.4 is 4.90 Å². The van der Waals surface area contributed by atoms with Crippen LogP contribution in [0.4, 0.5) is 5.69 Å². The molecule has 0 saturated heterocycles. The largest absolute Gasteiger partial charge is 0.436 e. The quantitative estimate of drug-likeness (QED) is 0.466. The number of hydrogen-bond donors (Lipinski definition) is 0. The fourth-order valence-corrected chi connectivity index (χ4v) is 3.39. The van der Waals surface area contributed by atoms with Gasteiger partial charge in [0.05, 0.1) is 16.8 Å². The van der Waals surface area contributed by atoms with E-state index >= 15 is 0 Å². The summed E-state index contributed by atoms with van der Waals surface area (Å²) in [4.78, 5) is 31.0. The lowest BCUT2D eigenvalue weighted by molar-refractivity contribution is 0.0926. The third-order valence-corrected chi connectivity index (χ3v) is 4.73. The summed E-state index contributed by atoms with van der Waals surface area (Å²) in [5.74, 6) is -0.278. The van der Waals surface area contributed by atoms with Gasteiger partial charge in [-0.05, 0) is 42.5 Å². The molecule has 5 rings (SSSR count). The van der Waals surface area contributed by atoms with Gasteiger partial charge in [0.25, 0.3) is 11.8 Å². The second kappa shape index (κ2) is 5.79. The molecular formula is C21H11ClN2O3. The summed E-state index contributed by atoms with van der Waals surface area (Å²) < 4.78 is 5.78. The Morgan fingerprint density at radius 1 is 0.852 bits per heavy atom. The SMILES string of the molecule is O=C1c2ccccc2C(=O)N1c1cccc(-c2nc3ccc(Cl)cc3o2)c1. The molecule has 2 heterocycles. The lowest BCUT2D eigenvalue weighted by Gasteiger charge is -2.14. The van der Waals surface area contributed by atoms with Crippen molar-refractivity contribution in [3.8, 4) is 11.5 Å². The third-order valence-electron chi connectivity index (χ3n) is 4.50. The van der Waals surface area contributed by atoms with E-state index in [0.29, 0.717) is 44.4 Å². The Morgan fingerprint density at radius 3 is 2.33 bits per heavy atom. The normalized spacial score (nSPS) is 13.4. The van der Waals surface area contributed by atoms with Crippen LogP contribution in [0.5, 0.6) is 0 Å². The Kier molecular flexibility index (Phi) is 3.39. The first-order chi connectivity index (χ1) is 13.1. The molecule has 0 N–H and O–H groups in total. The first-order valence-electron chi connectivity index (χ1n) is 8.26. The summed E-state index contributed by atoms with van der Waals surface area (Å²) in [7, 11) is 0. The number of hydrogen-bond acceptors (Lipinski definition) is 4. The smallest absolute Gasteiger partial charge is 0.266 e. The average molecular weight is 375 g/mol. The highest BCUT2D eigenvalue weighted by atomic mass is 35.5. The van der Waals surface area contributed by atoms with Gasteiger partial charge >= 0.3 is 0 Å². The number of aromatic nitrogens is 1. The molecule has 6 heteroatoms. The minimum absolute atomic E-state index is 0.336. The molecule has 1 aliphatic rings. The summed E-state index contributed by atoms with van der Waals surface area (Å²) >= 11 is 5.99. The zero-order valence-electron chi connectivity index (χ0n) is 13.8. The Bertz CT molecular complexity index is 1210. The van der Waals surface area contributed by atoms with Gasteiger partial charge in [-0.2, -0.15) is 0 Å². The second-order valence-corrected chi connectivity index (χ2v) is 6.61. The number of imide groups is 1. The van der Waals surface area contributed by atoms with Crippen molar-refractivity contribution in [2.75, 3.05) is 4.90 Å². The number of halogens is 1. The Hall–Kier alpha value is -3.44. The van der Waals surface area contributed by atoms with E-state index in [1.165, 1.54) is 4.90 Å². The number of amides is 2. The molecule has 0 bridgehead atoms. The molecule has 4 aromatic rings. The molecule has 3 aromatic carbocycles. The molecule has 0 fully saturated rings. The fourth-order valence-electron chi connectivity index (χ4n) is 3.22. The van der Waals surface area contributed by atoms with Crippen molar-refractivity contribution in [3.63, 3.8) is 0 Å². The number of benzene rings is 3. The van der Waals surface area contributed by atoms with E-state index in [0.717, 1.165) is 0 Å². The van der Waals surface area contributed by atoms with E-state index < -0.39 is 0 Å². The molecule has 0 atom stereocenters. The topological polar surface area (TPSA) is 63.4 Å². The van der Waals surface area contributed by atoms with E-state index in [4.69, 9.17) is 16.0 Å². The molecule has 0 aliphatic carbocycles. The maximum absolute atomic E-state index is 12.7. The van der Waals surface area contributed by atoms with E-state index in [1.54, 1.807) is 60.7 Å². The highest BCUT2D eigenvalue weighted by Crippen LogP contribution is 2.32. The van der Waals surface area contributed by atoms with Crippen molar-refractivity contribution in [2.24, 2.45) is 0 Å². The van der Waals surface area contributed by atoms with Gasteiger partial charge in [0.1, 0.15) is 5.52 Å². The van der Waals surface area contributed by atoms with Crippen LogP contribution in [0, 0.1) is 0 Å². The van der Waals surface area contributed by atoms with Crippen molar-refractivity contribution in [3.05, 3.63) is 82.9 Å². The Balaban J connectivity index is 1.58. The molecule has 27 heavy (non-hydrogen) atoms. The van der Waals surface area contributed by atoms with Crippen LogP contribution in [0.25, 0.3) is 22.6 Å². The van der Waals surface area contributed by atoms with E-state index in [-0.39, 0.29) is 11.8 Å². The van der Waals surface area contributed by atoms with Crippen molar-refractivity contribution in [2.45, 2.75) is 0 Å². The van der Waals surface area contributed by atoms with Crippen molar-refractivity contribution in [1.29, 1.82) is 0 Å². The van der Waals surface area contributed by atoms with E-state index in [2.05, 4.69) is 4.98 Å². The summed E-state index contributed by atoms with van der Waals surface area (Å²) in [5.41, 5.74) is 3.20. The van der Waals surface area contributed by atoms with Crippen LogP contribution in [0.3, 0.4) is 0 Å². The van der Waals surface area contributed by atoms with Crippen LogP contribution >= 0.6 is 11.6 Å². The third kappa shape index (κ3) is 2.44. The van der Waals surface area contributed by atoms with Crippen LogP contribution in [0.15, 0.2) is 71.1 Å². The van der Waals surface area contributed by atoms with Gasteiger partial charge in [-0.25, -0.2) is 9.88 Å². The molecular weight excluding hydrogens is 364 g/mol. The maximum Gasteiger partial charge on any atom is 0.266 e. The highest BCUT2D eigenvalue weighted by Gasteiger charge is 2.36. The summed E-state index contributed by atoms with van der Waals surface area (Å²) in [6.45, 7) is 0. The summed E-state index contributed by atoms with van der Waals surface area (Å²) in [6, 6.07) is 19.0. The highest BCUT2D eigenvalue weighted by molar-refractivity contribution is 6.34. The summed E-state index contributed by atoms with van der Waals surface area (Å²) in [5, 5.41) is 0.560. The Morgan fingerprint density at radius 2 is 1.59 bits per heavy atom. The van der Waals surface area contributed by atoms with Gasteiger partial charge < -0.3 is 4.42 Å². The molecule has 0 spiro atoms. The monoisotopic (exact) mass is 374 g/mol. The molecule has 130 valence electrons. The summed E-state index contributed by atoms with van der Waals surface area (Å²) in [6.07, 6.45) is 0. The first-order valence-corrected chi connectivity index (χ1v) is 8.64. The number of anilines is 1. The number of oxazole rings is 1. The Labute approximate surface area is 158 Å². The van der Waals surface area contributed by atoms with Crippen LogP contribution in [0.1, 0.15) is 20.7 Å². The molecule has 5 nitrogen and oxygen atoms in total. The van der Waals surface area contributed by atoms with Gasteiger partial charge in [0.15, 0.2) is 5.58 Å². The van der Waals surface area contributed by atoms with Crippen molar-refractivity contribution in [1.82, 2.24) is 4.98 Å². The number of fused-ring (bicyclic) bond motifs is 2. The molecule has 0 saturated carbocycles. The zero-order valence-corrected chi connectivity index (χ0v) is 14.6. The van der Waals surface area contributed by atoms with Crippen molar-refractivity contribution >= 4 is 40.2 Å². The van der Waals surface area contributed by atoms with Crippen molar-refractivity contribution < 1.29 is 14.0 Å². The number of carbonyl (C=O) groups is 2. The van der Waals surface area contributed by atoms with Gasteiger partial charge in [-0.3, -0.25) is 9.59 Å². The predicted molar refractivity (Wildman–Crippen MR) is 102 cm³/mol. The molecule has 1 aromatic heterocycles. The lowest BCUT2D eigenvalue weighted by Crippen LogP contribution is -2.29. The molecule has 1 aliphatic heterocycles. The van der Waals surface area contributed by atoms with Gasteiger partial charge in [-0.1, -0.05) is 29.8 Å². The van der Waals surface area contributed by atoms with Crippen LogP contribution in [-0.2, 0) is 0 Å². The standard InChI is InChI=1S/C21H11ClN2O3/c22-13-8-9-17-18(11-13)27-19(23-17)12-4-3-5-14(10-12)24-20(25)15-6-1-2-7-16(15)21(24)26/h1-11H. The molecule has 2 amide bonds. The predicted octanol–water partition coefficient (Wildman–Crippen LogP) is 4.95. The first kappa shape index (κ1) is 15.8. The minimum atomic E-state index is -0.336. The molecule has 0 unspecified atom stereocenters. The van der Waals surface area contributed by atoms with Gasteiger partial charge in [-0.15, -0.1) is 0 Å². The second-order valence-electron chi connectivity index (χ2n) is 6.17. The van der Waals surface area contributed by atoms with Gasteiger partial charge in [0, 0.05) is 16.7 Å². The number of rotatable bonds is 2. The lowest BCUT2D eigenvalue weighted by atomic mass is 10.1. The van der Waals surface area contributed by atoms with E-state index in [9.17, 15) is 9.59 Å². The van der Waals surface area contributed by atoms with Gasteiger partial charge in [0.2, 0.25) is 5.89 Å². The molecule has 0 radical (unpaired) electrons. The zero-order chi connectivity index (χ0) is 18.5. The van der Waals surface area contributed by atoms with Crippen LogP contribution in [-0.4, -0.2) is 16.8 Å². The maximum atomic E-state index is 12.7. The number of carbonyl (C=O) groups excluding carboxylic acids is 2. The van der Waals surface area contributed by atoms with E-state index in [1.807, 2.05) is 6.07 Å². The van der Waals surface area contributed by atoms with Crippen LogP contribution in [0.2, 0.25) is 5.02 Å².